The molecule has 1 aliphatic carbocycles. The zero-order valence-corrected chi connectivity index (χ0v) is 10.6. The second-order valence-corrected chi connectivity index (χ2v) is 4.84. The van der Waals surface area contributed by atoms with Crippen LogP contribution >= 0.6 is 0 Å². The van der Waals surface area contributed by atoms with Crippen LogP contribution in [0.5, 0.6) is 0 Å². The lowest BCUT2D eigenvalue weighted by Gasteiger charge is -2.30. The van der Waals surface area contributed by atoms with Gasteiger partial charge in [-0.25, -0.2) is 4.79 Å². The normalized spacial score (nSPS) is 27.2. The number of urea groups is 1. The highest BCUT2D eigenvalue weighted by Gasteiger charge is 2.22. The summed E-state index contributed by atoms with van der Waals surface area (Å²) in [4.78, 5) is 11.7. The summed E-state index contributed by atoms with van der Waals surface area (Å²) in [5.74, 6) is 0.595. The summed E-state index contributed by atoms with van der Waals surface area (Å²) in [7, 11) is 1.64. The van der Waals surface area contributed by atoms with Crippen LogP contribution < -0.4 is 10.6 Å². The van der Waals surface area contributed by atoms with Crippen molar-refractivity contribution in [3.05, 3.63) is 0 Å². The Morgan fingerprint density at radius 3 is 2.75 bits per heavy atom. The molecule has 2 N–H and O–H groups in total. The Labute approximate surface area is 98.1 Å². The van der Waals surface area contributed by atoms with Gasteiger partial charge in [-0.2, -0.15) is 0 Å². The van der Waals surface area contributed by atoms with Gasteiger partial charge in [0.05, 0.1) is 12.6 Å². The maximum Gasteiger partial charge on any atom is 0.315 e. The molecule has 0 saturated heterocycles. The molecule has 0 aromatic rings. The number of ether oxygens (including phenoxy) is 1. The van der Waals surface area contributed by atoms with E-state index in [2.05, 4.69) is 17.6 Å². The molecule has 0 bridgehead atoms. The molecule has 4 nitrogen and oxygen atoms in total. The van der Waals surface area contributed by atoms with Gasteiger partial charge in [0.2, 0.25) is 0 Å². The van der Waals surface area contributed by atoms with E-state index < -0.39 is 0 Å². The van der Waals surface area contributed by atoms with Gasteiger partial charge in [-0.3, -0.25) is 0 Å². The number of hydrogen-bond donors (Lipinski definition) is 2. The zero-order chi connectivity index (χ0) is 12.0. The molecule has 3 unspecified atom stereocenters. The van der Waals surface area contributed by atoms with Crippen LogP contribution in [0.4, 0.5) is 4.79 Å². The van der Waals surface area contributed by atoms with Crippen molar-refractivity contribution >= 4 is 6.03 Å². The van der Waals surface area contributed by atoms with Crippen LogP contribution in [0.25, 0.3) is 0 Å². The largest absolute Gasteiger partial charge is 0.383 e. The number of amides is 2. The molecular formula is C12H24N2O2. The highest BCUT2D eigenvalue weighted by Crippen LogP contribution is 2.23. The fourth-order valence-corrected chi connectivity index (χ4v) is 2.26. The van der Waals surface area contributed by atoms with E-state index in [1.807, 2.05) is 6.92 Å². The molecule has 1 saturated carbocycles. The number of rotatable bonds is 4. The summed E-state index contributed by atoms with van der Waals surface area (Å²) in [5.41, 5.74) is 0. The van der Waals surface area contributed by atoms with E-state index in [0.717, 1.165) is 6.42 Å². The number of hydrogen-bond acceptors (Lipinski definition) is 2. The Balaban J connectivity index is 2.27. The predicted octanol–water partition coefficient (Wildman–Crippen LogP) is 1.90. The Morgan fingerprint density at radius 2 is 2.12 bits per heavy atom. The molecule has 2 amide bonds. The topological polar surface area (TPSA) is 50.4 Å². The maximum atomic E-state index is 11.7. The molecule has 0 spiro atoms. The first-order chi connectivity index (χ1) is 7.63. The first-order valence-corrected chi connectivity index (χ1v) is 6.19. The molecule has 0 heterocycles. The van der Waals surface area contributed by atoms with Crippen LogP contribution in [0.3, 0.4) is 0 Å². The monoisotopic (exact) mass is 228 g/mol. The number of nitrogens with one attached hydrogen (secondary N) is 2. The average Bonchev–Trinajstić information content (AvgIpc) is 2.21. The fourth-order valence-electron chi connectivity index (χ4n) is 2.26. The summed E-state index contributed by atoms with van der Waals surface area (Å²) < 4.78 is 4.97. The lowest BCUT2D eigenvalue weighted by atomic mass is 9.86. The van der Waals surface area contributed by atoms with Gasteiger partial charge in [-0.05, 0) is 25.7 Å². The van der Waals surface area contributed by atoms with Crippen molar-refractivity contribution in [1.82, 2.24) is 10.6 Å². The molecule has 0 radical (unpaired) electrons. The molecule has 1 aliphatic rings. The van der Waals surface area contributed by atoms with Crippen LogP contribution in [-0.2, 0) is 4.74 Å². The van der Waals surface area contributed by atoms with Crippen LogP contribution in [0.2, 0.25) is 0 Å². The third-order valence-corrected chi connectivity index (χ3v) is 3.22. The van der Waals surface area contributed by atoms with Crippen LogP contribution in [0.1, 0.15) is 39.5 Å². The summed E-state index contributed by atoms with van der Waals surface area (Å²) in [6, 6.07) is 0.329. The van der Waals surface area contributed by atoms with E-state index in [1.165, 1.54) is 19.3 Å². The van der Waals surface area contributed by atoms with Gasteiger partial charge in [0, 0.05) is 13.2 Å². The number of carbonyl (C=O) groups excluding carboxylic acids is 1. The van der Waals surface area contributed by atoms with E-state index in [0.29, 0.717) is 18.6 Å². The number of methoxy groups -OCH3 is 1. The molecule has 0 aromatic heterocycles. The maximum absolute atomic E-state index is 11.7. The van der Waals surface area contributed by atoms with E-state index in [1.54, 1.807) is 7.11 Å². The Bertz CT molecular complexity index is 221. The highest BCUT2D eigenvalue weighted by atomic mass is 16.5. The molecule has 16 heavy (non-hydrogen) atoms. The first-order valence-electron chi connectivity index (χ1n) is 6.19. The number of carbonyl (C=O) groups is 1. The molecule has 3 atom stereocenters. The van der Waals surface area contributed by atoms with Gasteiger partial charge >= 0.3 is 6.03 Å². The van der Waals surface area contributed by atoms with E-state index in [9.17, 15) is 4.79 Å². The van der Waals surface area contributed by atoms with E-state index >= 15 is 0 Å². The summed E-state index contributed by atoms with van der Waals surface area (Å²) >= 11 is 0. The van der Waals surface area contributed by atoms with Crippen molar-refractivity contribution < 1.29 is 9.53 Å². The molecule has 0 aromatic carbocycles. The summed E-state index contributed by atoms with van der Waals surface area (Å²) in [6.07, 6.45) is 4.84. The van der Waals surface area contributed by atoms with Crippen molar-refractivity contribution in [3.63, 3.8) is 0 Å². The quantitative estimate of drug-likeness (QED) is 0.772. The van der Waals surface area contributed by atoms with E-state index in [4.69, 9.17) is 4.74 Å². The minimum Gasteiger partial charge on any atom is -0.383 e. The zero-order valence-electron chi connectivity index (χ0n) is 10.6. The molecular weight excluding hydrogens is 204 g/mol. The van der Waals surface area contributed by atoms with Crippen molar-refractivity contribution in [2.24, 2.45) is 5.92 Å². The van der Waals surface area contributed by atoms with Crippen molar-refractivity contribution in [1.29, 1.82) is 0 Å². The first kappa shape index (κ1) is 13.3. The Kier molecular flexibility index (Phi) is 5.60. The van der Waals surface area contributed by atoms with Gasteiger partial charge in [0.1, 0.15) is 0 Å². The molecule has 4 heteroatoms. The van der Waals surface area contributed by atoms with Gasteiger partial charge in [-0.1, -0.05) is 19.8 Å². The Morgan fingerprint density at radius 1 is 1.44 bits per heavy atom. The minimum absolute atomic E-state index is 0.0592. The molecule has 94 valence electrons. The predicted molar refractivity (Wildman–Crippen MR) is 64.4 cm³/mol. The standard InChI is InChI=1S/C12H24N2O2/c1-9-6-4-5-7-11(9)14-12(15)13-10(2)8-16-3/h9-11H,4-8H2,1-3H3,(H2,13,14,15). The highest BCUT2D eigenvalue weighted by molar-refractivity contribution is 5.74. The lowest BCUT2D eigenvalue weighted by Crippen LogP contribution is -2.49. The van der Waals surface area contributed by atoms with Gasteiger partial charge in [0.15, 0.2) is 0 Å². The van der Waals surface area contributed by atoms with Crippen molar-refractivity contribution in [2.45, 2.75) is 51.6 Å². The smallest absolute Gasteiger partial charge is 0.315 e. The van der Waals surface area contributed by atoms with Crippen LogP contribution in [-0.4, -0.2) is 31.8 Å². The fraction of sp³-hybridized carbons (Fsp3) is 0.917. The van der Waals surface area contributed by atoms with Gasteiger partial charge in [0.25, 0.3) is 0 Å². The van der Waals surface area contributed by atoms with Gasteiger partial charge in [-0.15, -0.1) is 0 Å². The van der Waals surface area contributed by atoms with Crippen LogP contribution in [0.15, 0.2) is 0 Å². The van der Waals surface area contributed by atoms with Crippen molar-refractivity contribution in [3.8, 4) is 0 Å². The molecule has 1 fully saturated rings. The molecule has 0 aliphatic heterocycles. The van der Waals surface area contributed by atoms with Gasteiger partial charge < -0.3 is 15.4 Å². The summed E-state index contributed by atoms with van der Waals surface area (Å²) in [6.45, 7) is 4.70. The third kappa shape index (κ3) is 4.39. The lowest BCUT2D eigenvalue weighted by molar-refractivity contribution is 0.168. The summed E-state index contributed by atoms with van der Waals surface area (Å²) in [5, 5.41) is 5.93. The van der Waals surface area contributed by atoms with Crippen LogP contribution in [0, 0.1) is 5.92 Å². The molecule has 1 rings (SSSR count). The van der Waals surface area contributed by atoms with Crippen molar-refractivity contribution in [2.75, 3.05) is 13.7 Å². The van der Waals surface area contributed by atoms with E-state index in [-0.39, 0.29) is 12.1 Å². The average molecular weight is 228 g/mol. The second-order valence-electron chi connectivity index (χ2n) is 4.84. The second kappa shape index (κ2) is 6.74. The Hall–Kier alpha value is -0.770. The minimum atomic E-state index is -0.0664. The SMILES string of the molecule is COCC(C)NC(=O)NC1CCCCC1C. The third-order valence-electron chi connectivity index (χ3n) is 3.22.